The summed E-state index contributed by atoms with van der Waals surface area (Å²) in [7, 11) is 0. The van der Waals surface area contributed by atoms with Gasteiger partial charge in [-0.15, -0.1) is 0 Å². The topological polar surface area (TPSA) is 114 Å². The molecule has 1 aromatic rings. The number of nitriles is 1. The SMILES string of the molecule is CSCCC(NC(=O)/C(C#N)=C\N(CCO)Cc1ccccc1)C(=O)O. The van der Waals surface area contributed by atoms with E-state index < -0.39 is 17.9 Å². The summed E-state index contributed by atoms with van der Waals surface area (Å²) in [6.45, 7) is 0.506. The molecule has 0 aliphatic rings. The second kappa shape index (κ2) is 12.0. The Labute approximate surface area is 157 Å². The van der Waals surface area contributed by atoms with Crippen molar-refractivity contribution in [3.05, 3.63) is 47.7 Å². The maximum Gasteiger partial charge on any atom is 0.326 e. The van der Waals surface area contributed by atoms with Crippen LogP contribution >= 0.6 is 11.8 Å². The number of aliphatic hydroxyl groups excluding tert-OH is 1. The van der Waals surface area contributed by atoms with Gasteiger partial charge in [0.05, 0.1) is 6.61 Å². The number of carboxylic acid groups (broad SMARTS) is 1. The molecular formula is C18H23N3O4S. The second-order valence-electron chi connectivity index (χ2n) is 5.48. The van der Waals surface area contributed by atoms with Crippen LogP contribution in [0.1, 0.15) is 12.0 Å². The first-order chi connectivity index (χ1) is 12.5. The van der Waals surface area contributed by atoms with E-state index in [1.54, 1.807) is 11.0 Å². The fourth-order valence-electron chi connectivity index (χ4n) is 2.19. The normalized spacial score (nSPS) is 12.1. The van der Waals surface area contributed by atoms with Crippen LogP contribution in [0.15, 0.2) is 42.1 Å². The van der Waals surface area contributed by atoms with Crippen LogP contribution in [-0.4, -0.2) is 58.2 Å². The summed E-state index contributed by atoms with van der Waals surface area (Å²) in [5.74, 6) is -1.30. The highest BCUT2D eigenvalue weighted by Gasteiger charge is 2.22. The van der Waals surface area contributed by atoms with Crippen molar-refractivity contribution in [1.29, 1.82) is 5.26 Å². The molecule has 0 saturated carbocycles. The molecule has 0 aliphatic carbocycles. The maximum absolute atomic E-state index is 12.3. The third-order valence-corrected chi connectivity index (χ3v) is 4.15. The second-order valence-corrected chi connectivity index (χ2v) is 6.47. The van der Waals surface area contributed by atoms with Crippen LogP contribution in [0.25, 0.3) is 0 Å². The molecule has 1 unspecified atom stereocenters. The van der Waals surface area contributed by atoms with Gasteiger partial charge in [-0.1, -0.05) is 30.3 Å². The van der Waals surface area contributed by atoms with Gasteiger partial charge in [-0.05, 0) is 24.0 Å². The zero-order valence-electron chi connectivity index (χ0n) is 14.6. The molecule has 1 aromatic carbocycles. The van der Waals surface area contributed by atoms with Gasteiger partial charge in [-0.2, -0.15) is 17.0 Å². The van der Waals surface area contributed by atoms with E-state index >= 15 is 0 Å². The van der Waals surface area contributed by atoms with E-state index in [0.29, 0.717) is 12.3 Å². The Hall–Kier alpha value is -2.50. The molecule has 0 heterocycles. The lowest BCUT2D eigenvalue weighted by molar-refractivity contribution is -0.141. The molecule has 0 aromatic heterocycles. The maximum atomic E-state index is 12.3. The Balaban J connectivity index is 2.88. The van der Waals surface area contributed by atoms with Crippen molar-refractivity contribution in [2.24, 2.45) is 0 Å². The molecule has 8 heteroatoms. The first-order valence-corrected chi connectivity index (χ1v) is 9.44. The van der Waals surface area contributed by atoms with Crippen LogP contribution in [0.3, 0.4) is 0 Å². The highest BCUT2D eigenvalue weighted by Crippen LogP contribution is 2.08. The molecule has 1 atom stereocenters. The van der Waals surface area contributed by atoms with E-state index in [4.69, 9.17) is 0 Å². The van der Waals surface area contributed by atoms with Crippen LogP contribution in [0.2, 0.25) is 0 Å². The minimum absolute atomic E-state index is 0.144. The smallest absolute Gasteiger partial charge is 0.326 e. The number of carbonyl (C=O) groups excluding carboxylic acids is 1. The van der Waals surface area contributed by atoms with Crippen LogP contribution in [0, 0.1) is 11.3 Å². The fraction of sp³-hybridized carbons (Fsp3) is 0.389. The third-order valence-electron chi connectivity index (χ3n) is 3.51. The lowest BCUT2D eigenvalue weighted by Gasteiger charge is -2.20. The van der Waals surface area contributed by atoms with Gasteiger partial charge in [0.15, 0.2) is 0 Å². The summed E-state index contributed by atoms with van der Waals surface area (Å²) in [6, 6.07) is 10.2. The molecule has 26 heavy (non-hydrogen) atoms. The Bertz CT molecular complexity index is 658. The summed E-state index contributed by atoms with van der Waals surface area (Å²) in [5.41, 5.74) is 0.753. The molecule has 1 rings (SSSR count). The zero-order valence-corrected chi connectivity index (χ0v) is 15.4. The number of benzene rings is 1. The monoisotopic (exact) mass is 377 g/mol. The quantitative estimate of drug-likeness (QED) is 0.392. The molecule has 3 N–H and O–H groups in total. The van der Waals surface area contributed by atoms with Gasteiger partial charge in [-0.25, -0.2) is 4.79 Å². The molecule has 0 fully saturated rings. The molecule has 7 nitrogen and oxygen atoms in total. The molecule has 1 amide bonds. The minimum Gasteiger partial charge on any atom is -0.480 e. The van der Waals surface area contributed by atoms with Gasteiger partial charge in [0.25, 0.3) is 5.91 Å². The number of amides is 1. The minimum atomic E-state index is -1.14. The largest absolute Gasteiger partial charge is 0.480 e. The van der Waals surface area contributed by atoms with Gasteiger partial charge < -0.3 is 20.4 Å². The number of nitrogens with zero attached hydrogens (tertiary/aromatic N) is 2. The molecule has 0 radical (unpaired) electrons. The van der Waals surface area contributed by atoms with Crippen molar-refractivity contribution in [2.45, 2.75) is 19.0 Å². The number of carbonyl (C=O) groups is 2. The van der Waals surface area contributed by atoms with Crippen LogP contribution < -0.4 is 5.32 Å². The molecule has 140 valence electrons. The van der Waals surface area contributed by atoms with E-state index in [2.05, 4.69) is 5.32 Å². The molecular weight excluding hydrogens is 354 g/mol. The predicted octanol–water partition coefficient (Wildman–Crippen LogP) is 1.21. The van der Waals surface area contributed by atoms with Crippen molar-refractivity contribution in [3.8, 4) is 6.07 Å². The average molecular weight is 377 g/mol. The van der Waals surface area contributed by atoms with Crippen LogP contribution in [0.5, 0.6) is 0 Å². The Morgan fingerprint density at radius 3 is 2.62 bits per heavy atom. The average Bonchev–Trinajstić information content (AvgIpc) is 2.63. The van der Waals surface area contributed by atoms with E-state index in [1.165, 1.54) is 18.0 Å². The summed E-state index contributed by atoms with van der Waals surface area (Å²) < 4.78 is 0. The van der Waals surface area contributed by atoms with Crippen LogP contribution in [-0.2, 0) is 16.1 Å². The third kappa shape index (κ3) is 7.59. The van der Waals surface area contributed by atoms with Gasteiger partial charge in [0.2, 0.25) is 0 Å². The number of hydrogen-bond acceptors (Lipinski definition) is 6. The number of thioether (sulfide) groups is 1. The predicted molar refractivity (Wildman–Crippen MR) is 100 cm³/mol. The highest BCUT2D eigenvalue weighted by atomic mass is 32.2. The van der Waals surface area contributed by atoms with E-state index in [9.17, 15) is 25.1 Å². The standard InChI is InChI=1S/C18H23N3O4S/c1-26-10-7-16(18(24)25)20-17(23)15(11-19)13-21(8-9-22)12-14-5-3-2-4-6-14/h2-6,13,16,22H,7-10,12H2,1H3,(H,20,23)(H,24,25)/b15-13-. The van der Waals surface area contributed by atoms with E-state index in [0.717, 1.165) is 5.56 Å². The van der Waals surface area contributed by atoms with Crippen molar-refractivity contribution in [1.82, 2.24) is 10.2 Å². The van der Waals surface area contributed by atoms with E-state index in [1.807, 2.05) is 36.6 Å². The van der Waals surface area contributed by atoms with Gasteiger partial charge in [0, 0.05) is 19.3 Å². The van der Waals surface area contributed by atoms with Gasteiger partial charge in [-0.3, -0.25) is 4.79 Å². The van der Waals surface area contributed by atoms with Crippen LogP contribution in [0.4, 0.5) is 0 Å². The van der Waals surface area contributed by atoms with Crippen molar-refractivity contribution in [2.75, 3.05) is 25.2 Å². The number of aliphatic hydroxyl groups is 1. The molecule has 0 bridgehead atoms. The zero-order chi connectivity index (χ0) is 19.4. The number of carboxylic acids is 1. The van der Waals surface area contributed by atoms with Gasteiger partial charge in [0.1, 0.15) is 17.7 Å². The van der Waals surface area contributed by atoms with Crippen molar-refractivity contribution < 1.29 is 19.8 Å². The number of hydrogen-bond donors (Lipinski definition) is 3. The lowest BCUT2D eigenvalue weighted by atomic mass is 10.2. The highest BCUT2D eigenvalue weighted by molar-refractivity contribution is 7.98. The first kappa shape index (κ1) is 21.5. The summed E-state index contributed by atoms with van der Waals surface area (Å²) in [5, 5.41) is 30.1. The summed E-state index contributed by atoms with van der Waals surface area (Å²) in [4.78, 5) is 25.2. The van der Waals surface area contributed by atoms with Crippen molar-refractivity contribution in [3.63, 3.8) is 0 Å². The van der Waals surface area contributed by atoms with E-state index in [-0.39, 0.29) is 25.1 Å². The molecule has 0 saturated heterocycles. The Kier molecular flexibility index (Phi) is 9.90. The number of rotatable bonds is 11. The molecule has 0 spiro atoms. The Morgan fingerprint density at radius 1 is 1.38 bits per heavy atom. The van der Waals surface area contributed by atoms with Crippen molar-refractivity contribution >= 4 is 23.6 Å². The Morgan fingerprint density at radius 2 is 2.08 bits per heavy atom. The molecule has 0 aliphatic heterocycles. The summed E-state index contributed by atoms with van der Waals surface area (Å²) >= 11 is 1.48. The fourth-order valence-corrected chi connectivity index (χ4v) is 2.66. The first-order valence-electron chi connectivity index (χ1n) is 8.05. The number of aliphatic carboxylic acids is 1. The van der Waals surface area contributed by atoms with Gasteiger partial charge >= 0.3 is 5.97 Å². The summed E-state index contributed by atoms with van der Waals surface area (Å²) in [6.07, 6.45) is 3.47. The lowest BCUT2D eigenvalue weighted by Crippen LogP contribution is -2.42. The number of nitrogens with one attached hydrogen (secondary N) is 1.